The number of nitrogens with one attached hydrogen (secondary N) is 1. The molecule has 2 aromatic carbocycles. The van der Waals surface area contributed by atoms with Gasteiger partial charge in [-0.1, -0.05) is 49.1 Å². The third-order valence-corrected chi connectivity index (χ3v) is 6.37. The maximum atomic E-state index is 13.1. The molecule has 1 aromatic heterocycles. The number of nitrogens with zero attached hydrogens (tertiary/aromatic N) is 1. The van der Waals surface area contributed by atoms with E-state index in [9.17, 15) is 14.7 Å². The van der Waals surface area contributed by atoms with Crippen molar-refractivity contribution in [1.82, 2.24) is 4.57 Å². The Labute approximate surface area is 186 Å². The average molecular weight is 439 g/mol. The Kier molecular flexibility index (Phi) is 6.73. The molecule has 5 nitrogen and oxygen atoms in total. The molecule has 0 bridgehead atoms. The zero-order valence-corrected chi connectivity index (χ0v) is 18.1. The first-order valence-electron chi connectivity index (χ1n) is 10.9. The Bertz CT molecular complexity index is 1140. The maximum Gasteiger partial charge on any atom is 0.260 e. The average Bonchev–Trinajstić information content (AvgIpc) is 2.79. The number of hydrogen-bond acceptors (Lipinski definition) is 3. The third-order valence-electron chi connectivity index (χ3n) is 6.13. The van der Waals surface area contributed by atoms with Gasteiger partial charge in [-0.3, -0.25) is 14.2 Å². The van der Waals surface area contributed by atoms with Gasteiger partial charge in [-0.25, -0.2) is 0 Å². The fourth-order valence-corrected chi connectivity index (χ4v) is 4.65. The molecule has 4 rings (SSSR count). The van der Waals surface area contributed by atoms with Crippen LogP contribution in [0, 0.1) is 5.92 Å². The van der Waals surface area contributed by atoms with Crippen LogP contribution in [0.3, 0.4) is 0 Å². The van der Waals surface area contributed by atoms with Crippen molar-refractivity contribution in [2.24, 2.45) is 5.92 Å². The number of pyridine rings is 1. The van der Waals surface area contributed by atoms with Gasteiger partial charge in [0.15, 0.2) is 0 Å². The maximum absolute atomic E-state index is 13.1. The number of rotatable bonds is 6. The minimum absolute atomic E-state index is 0.110. The van der Waals surface area contributed by atoms with Crippen LogP contribution >= 0.6 is 11.6 Å². The van der Waals surface area contributed by atoms with Gasteiger partial charge < -0.3 is 10.4 Å². The van der Waals surface area contributed by atoms with Crippen molar-refractivity contribution in [1.29, 1.82) is 0 Å². The number of fused-ring (bicyclic) bond motifs is 1. The molecule has 0 radical (unpaired) electrons. The summed E-state index contributed by atoms with van der Waals surface area (Å²) in [6, 6.07) is 14.6. The van der Waals surface area contributed by atoms with Crippen LogP contribution in [0.4, 0.5) is 5.69 Å². The Balaban J connectivity index is 1.51. The lowest BCUT2D eigenvalue weighted by Gasteiger charge is -2.28. The molecule has 6 heteroatoms. The van der Waals surface area contributed by atoms with Crippen LogP contribution in [0.1, 0.15) is 50.3 Å². The highest BCUT2D eigenvalue weighted by Crippen LogP contribution is 2.31. The summed E-state index contributed by atoms with van der Waals surface area (Å²) in [4.78, 5) is 25.6. The van der Waals surface area contributed by atoms with Gasteiger partial charge in [0.2, 0.25) is 5.91 Å². The molecule has 2 N–H and O–H groups in total. The van der Waals surface area contributed by atoms with Gasteiger partial charge in [0.1, 0.15) is 6.23 Å². The highest BCUT2D eigenvalue weighted by molar-refractivity contribution is 6.30. The van der Waals surface area contributed by atoms with Crippen molar-refractivity contribution in [2.75, 3.05) is 5.32 Å². The van der Waals surface area contributed by atoms with E-state index in [4.69, 9.17) is 11.6 Å². The molecule has 1 heterocycles. The number of halogens is 1. The summed E-state index contributed by atoms with van der Waals surface area (Å²) >= 11 is 6.00. The summed E-state index contributed by atoms with van der Waals surface area (Å²) in [5.41, 5.74) is 1.37. The minimum Gasteiger partial charge on any atom is -0.373 e. The van der Waals surface area contributed by atoms with Gasteiger partial charge in [-0.15, -0.1) is 0 Å². The number of anilines is 1. The molecule has 1 unspecified atom stereocenters. The van der Waals surface area contributed by atoms with E-state index >= 15 is 0 Å². The zero-order valence-electron chi connectivity index (χ0n) is 17.4. The second-order valence-electron chi connectivity index (χ2n) is 8.28. The highest BCUT2D eigenvalue weighted by atomic mass is 35.5. The first-order valence-corrected chi connectivity index (χ1v) is 11.3. The van der Waals surface area contributed by atoms with Gasteiger partial charge in [-0.2, -0.15) is 0 Å². The standard InChI is InChI=1S/C25H27ClN2O3/c26-19-9-4-6-17(16-19)12-13-23(29)27-22-11-5-10-21-20(22)14-15-28(25(21)31)24(30)18-7-2-1-3-8-18/h4-6,9-11,14-16,18,24,30H,1-3,7-8,12-13H2,(H,27,29). The van der Waals surface area contributed by atoms with E-state index in [1.165, 1.54) is 11.0 Å². The molecular formula is C25H27ClN2O3. The molecule has 1 atom stereocenters. The normalized spacial score (nSPS) is 15.7. The van der Waals surface area contributed by atoms with E-state index in [2.05, 4.69) is 5.32 Å². The zero-order chi connectivity index (χ0) is 21.8. The molecule has 1 amide bonds. The lowest BCUT2D eigenvalue weighted by atomic mass is 9.88. The fourth-order valence-electron chi connectivity index (χ4n) is 4.43. The number of amides is 1. The summed E-state index contributed by atoms with van der Waals surface area (Å²) in [5, 5.41) is 15.5. The molecular weight excluding hydrogens is 412 g/mol. The van der Waals surface area contributed by atoms with Gasteiger partial charge in [0, 0.05) is 40.0 Å². The molecule has 31 heavy (non-hydrogen) atoms. The number of carbonyl (C=O) groups excluding carboxylic acids is 1. The summed E-state index contributed by atoms with van der Waals surface area (Å²) in [6.45, 7) is 0. The predicted octanol–water partition coefficient (Wildman–Crippen LogP) is 5.30. The molecule has 1 saturated carbocycles. The van der Waals surface area contributed by atoms with E-state index in [1.807, 2.05) is 18.2 Å². The van der Waals surface area contributed by atoms with Gasteiger partial charge >= 0.3 is 0 Å². The van der Waals surface area contributed by atoms with Crippen molar-refractivity contribution in [3.8, 4) is 0 Å². The Hall–Kier alpha value is -2.63. The summed E-state index contributed by atoms with van der Waals surface area (Å²) < 4.78 is 1.43. The van der Waals surface area contributed by atoms with E-state index in [-0.39, 0.29) is 17.4 Å². The minimum atomic E-state index is -0.812. The van der Waals surface area contributed by atoms with Crippen molar-refractivity contribution in [3.05, 3.63) is 75.7 Å². The van der Waals surface area contributed by atoms with Crippen molar-refractivity contribution >= 4 is 34.0 Å². The van der Waals surface area contributed by atoms with Crippen molar-refractivity contribution in [3.63, 3.8) is 0 Å². The van der Waals surface area contributed by atoms with Crippen LogP contribution in [-0.2, 0) is 11.2 Å². The van der Waals surface area contributed by atoms with E-state index in [0.29, 0.717) is 34.3 Å². The van der Waals surface area contributed by atoms with Crippen LogP contribution in [0.2, 0.25) is 5.02 Å². The number of aliphatic hydroxyl groups is 1. The molecule has 1 aliphatic rings. The van der Waals surface area contributed by atoms with Gasteiger partial charge in [0.05, 0.1) is 0 Å². The Morgan fingerprint density at radius 2 is 1.87 bits per heavy atom. The van der Waals surface area contributed by atoms with E-state index < -0.39 is 6.23 Å². The van der Waals surface area contributed by atoms with Crippen LogP contribution < -0.4 is 10.9 Å². The van der Waals surface area contributed by atoms with Gasteiger partial charge in [-0.05, 0) is 55.2 Å². The number of benzene rings is 2. The van der Waals surface area contributed by atoms with Crippen LogP contribution in [0.15, 0.2) is 59.5 Å². The highest BCUT2D eigenvalue weighted by Gasteiger charge is 2.24. The molecule has 0 aliphatic heterocycles. The molecule has 1 aliphatic carbocycles. The summed E-state index contributed by atoms with van der Waals surface area (Å²) in [6.07, 6.45) is 6.98. The second kappa shape index (κ2) is 9.67. The van der Waals surface area contributed by atoms with Crippen LogP contribution in [0.25, 0.3) is 10.8 Å². The smallest absolute Gasteiger partial charge is 0.260 e. The third kappa shape index (κ3) is 5.00. The number of carbonyl (C=O) groups is 1. The topological polar surface area (TPSA) is 71.3 Å². The quantitative estimate of drug-likeness (QED) is 0.548. The summed E-state index contributed by atoms with van der Waals surface area (Å²) in [5.74, 6) is -0.0165. The molecule has 0 spiro atoms. The number of aryl methyl sites for hydroxylation is 1. The fraction of sp³-hybridized carbons (Fsp3) is 0.360. The predicted molar refractivity (Wildman–Crippen MR) is 124 cm³/mol. The molecule has 162 valence electrons. The van der Waals surface area contributed by atoms with Crippen molar-refractivity contribution in [2.45, 2.75) is 51.2 Å². The lowest BCUT2D eigenvalue weighted by Crippen LogP contribution is -2.30. The SMILES string of the molecule is O=C(CCc1cccc(Cl)c1)Nc1cccc2c(=O)n(C(O)C3CCCCC3)ccc12. The van der Waals surface area contributed by atoms with Crippen LogP contribution in [-0.4, -0.2) is 15.6 Å². The van der Waals surface area contributed by atoms with Gasteiger partial charge in [0.25, 0.3) is 5.56 Å². The van der Waals surface area contributed by atoms with Crippen molar-refractivity contribution < 1.29 is 9.90 Å². The first kappa shape index (κ1) is 21.6. The monoisotopic (exact) mass is 438 g/mol. The number of hydrogen-bond donors (Lipinski definition) is 2. The van der Waals surface area contributed by atoms with E-state index in [1.54, 1.807) is 36.5 Å². The Morgan fingerprint density at radius 1 is 1.10 bits per heavy atom. The number of aromatic nitrogens is 1. The lowest BCUT2D eigenvalue weighted by molar-refractivity contribution is -0.116. The largest absolute Gasteiger partial charge is 0.373 e. The molecule has 3 aromatic rings. The summed E-state index contributed by atoms with van der Waals surface area (Å²) in [7, 11) is 0. The molecule has 0 saturated heterocycles. The Morgan fingerprint density at radius 3 is 2.65 bits per heavy atom. The van der Waals surface area contributed by atoms with E-state index in [0.717, 1.165) is 31.2 Å². The number of aliphatic hydroxyl groups excluding tert-OH is 1. The molecule has 1 fully saturated rings. The second-order valence-corrected chi connectivity index (χ2v) is 8.72. The van der Waals surface area contributed by atoms with Crippen LogP contribution in [0.5, 0.6) is 0 Å². The first-order chi connectivity index (χ1) is 15.0.